The van der Waals surface area contributed by atoms with Gasteiger partial charge in [-0.3, -0.25) is 15.0 Å². The van der Waals surface area contributed by atoms with Gasteiger partial charge in [0, 0.05) is 18.7 Å². The third kappa shape index (κ3) is 4.66. The Hall–Kier alpha value is -1.17. The van der Waals surface area contributed by atoms with E-state index in [0.717, 1.165) is 44.2 Å². The fraction of sp³-hybridized carbons (Fsp3) is 0.600. The molecule has 1 aliphatic heterocycles. The molecule has 1 aromatic rings. The molecule has 1 heterocycles. The van der Waals surface area contributed by atoms with Crippen LogP contribution in [-0.4, -0.2) is 36.0 Å². The molecule has 0 spiro atoms. The smallest absolute Gasteiger partial charge is 0.270 e. The van der Waals surface area contributed by atoms with Gasteiger partial charge >= 0.3 is 0 Å². The molecule has 0 saturated carbocycles. The maximum Gasteiger partial charge on any atom is 0.270 e. The van der Waals surface area contributed by atoms with Gasteiger partial charge in [0.05, 0.1) is 9.95 Å². The number of nitrogens with one attached hydrogen (secondary N) is 1. The van der Waals surface area contributed by atoms with E-state index in [4.69, 9.17) is 11.6 Å². The summed E-state index contributed by atoms with van der Waals surface area (Å²) >= 11 is 6.15. The van der Waals surface area contributed by atoms with Crippen molar-refractivity contribution in [1.29, 1.82) is 0 Å². The van der Waals surface area contributed by atoms with Crippen molar-refractivity contribution in [2.75, 3.05) is 26.2 Å². The number of benzene rings is 1. The number of nitro benzene ring substituents is 1. The zero-order valence-electron chi connectivity index (χ0n) is 12.3. The Morgan fingerprint density at radius 2 is 2.14 bits per heavy atom. The van der Waals surface area contributed by atoms with Crippen molar-refractivity contribution < 1.29 is 4.92 Å². The largest absolute Gasteiger partial charge is 0.317 e. The summed E-state index contributed by atoms with van der Waals surface area (Å²) < 4.78 is 0. The molecule has 5 nitrogen and oxygen atoms in total. The minimum atomic E-state index is -0.415. The van der Waals surface area contributed by atoms with Gasteiger partial charge in [0.1, 0.15) is 0 Å². The maximum atomic E-state index is 10.7. The van der Waals surface area contributed by atoms with Crippen LogP contribution in [-0.2, 0) is 6.54 Å². The maximum absolute atomic E-state index is 10.7. The molecule has 6 heteroatoms. The van der Waals surface area contributed by atoms with E-state index in [1.165, 1.54) is 25.0 Å². The van der Waals surface area contributed by atoms with Crippen molar-refractivity contribution in [3.8, 4) is 0 Å². The van der Waals surface area contributed by atoms with Crippen LogP contribution >= 0.6 is 11.6 Å². The number of hydrogen-bond donors (Lipinski definition) is 1. The molecule has 1 fully saturated rings. The minimum absolute atomic E-state index is 0.0492. The molecule has 0 amide bonds. The Labute approximate surface area is 130 Å². The minimum Gasteiger partial charge on any atom is -0.317 e. The number of likely N-dealkylation sites (tertiary alicyclic amines) is 1. The molecular weight excluding hydrogens is 290 g/mol. The molecule has 21 heavy (non-hydrogen) atoms. The lowest BCUT2D eigenvalue weighted by Gasteiger charge is -2.32. The van der Waals surface area contributed by atoms with E-state index in [1.807, 2.05) is 0 Å². The van der Waals surface area contributed by atoms with Gasteiger partial charge < -0.3 is 5.32 Å². The van der Waals surface area contributed by atoms with Gasteiger partial charge in [-0.25, -0.2) is 0 Å². The van der Waals surface area contributed by atoms with Crippen LogP contribution in [0.3, 0.4) is 0 Å². The Morgan fingerprint density at radius 3 is 2.71 bits per heavy atom. The van der Waals surface area contributed by atoms with Crippen LogP contribution in [0.15, 0.2) is 18.2 Å². The third-order valence-corrected chi connectivity index (χ3v) is 4.38. The average Bonchev–Trinajstić information content (AvgIpc) is 2.48. The van der Waals surface area contributed by atoms with Crippen LogP contribution in [0.2, 0.25) is 5.02 Å². The molecule has 0 radical (unpaired) electrons. The number of hydrogen-bond acceptors (Lipinski definition) is 4. The summed E-state index contributed by atoms with van der Waals surface area (Å²) in [6.07, 6.45) is 2.38. The topological polar surface area (TPSA) is 58.4 Å². The van der Waals surface area contributed by atoms with Crippen molar-refractivity contribution in [2.24, 2.45) is 5.92 Å². The van der Waals surface area contributed by atoms with Crippen molar-refractivity contribution >= 4 is 17.3 Å². The van der Waals surface area contributed by atoms with E-state index in [-0.39, 0.29) is 5.69 Å². The van der Waals surface area contributed by atoms with Crippen LogP contribution in [0.25, 0.3) is 0 Å². The van der Waals surface area contributed by atoms with Crippen molar-refractivity contribution in [2.45, 2.75) is 26.3 Å². The highest BCUT2D eigenvalue weighted by Crippen LogP contribution is 2.25. The van der Waals surface area contributed by atoms with Crippen molar-refractivity contribution in [1.82, 2.24) is 10.2 Å². The van der Waals surface area contributed by atoms with Gasteiger partial charge in [0.15, 0.2) is 0 Å². The standard InChI is InChI=1S/C15H22ClN3O2/c1-2-17-10-12-5-7-18(8-6-12)11-13-3-4-14(19(20)21)9-15(13)16/h3-4,9,12,17H,2,5-8,10-11H2,1H3. The number of rotatable bonds is 6. The van der Waals surface area contributed by atoms with Crippen molar-refractivity contribution in [3.63, 3.8) is 0 Å². The molecule has 2 rings (SSSR count). The lowest BCUT2D eigenvalue weighted by molar-refractivity contribution is -0.384. The van der Waals surface area contributed by atoms with Gasteiger partial charge in [0.2, 0.25) is 0 Å². The Kier molecular flexibility index (Phi) is 5.96. The zero-order valence-corrected chi connectivity index (χ0v) is 13.1. The van der Waals surface area contributed by atoms with E-state index >= 15 is 0 Å². The van der Waals surface area contributed by atoms with E-state index in [1.54, 1.807) is 6.07 Å². The second-order valence-corrected chi connectivity index (χ2v) is 5.97. The SMILES string of the molecule is CCNCC1CCN(Cc2ccc([N+](=O)[O-])cc2Cl)CC1. The highest BCUT2D eigenvalue weighted by Gasteiger charge is 2.20. The van der Waals surface area contributed by atoms with Crippen LogP contribution in [0.5, 0.6) is 0 Å². The molecule has 1 aromatic carbocycles. The normalized spacial score (nSPS) is 17.0. The molecule has 1 N–H and O–H groups in total. The van der Waals surface area contributed by atoms with E-state index < -0.39 is 4.92 Å². The van der Waals surface area contributed by atoms with Crippen LogP contribution < -0.4 is 5.32 Å². The van der Waals surface area contributed by atoms with Gasteiger partial charge in [-0.1, -0.05) is 18.5 Å². The molecule has 0 atom stereocenters. The highest BCUT2D eigenvalue weighted by molar-refractivity contribution is 6.31. The number of piperidine rings is 1. The van der Waals surface area contributed by atoms with Gasteiger partial charge in [-0.05, 0) is 56.6 Å². The first-order chi connectivity index (χ1) is 10.1. The summed E-state index contributed by atoms with van der Waals surface area (Å²) in [6.45, 7) is 7.14. The summed E-state index contributed by atoms with van der Waals surface area (Å²) in [4.78, 5) is 12.7. The van der Waals surface area contributed by atoms with Gasteiger partial charge in [-0.2, -0.15) is 0 Å². The Bertz CT molecular complexity index is 488. The van der Waals surface area contributed by atoms with Crippen molar-refractivity contribution in [3.05, 3.63) is 38.9 Å². The molecule has 0 aliphatic carbocycles. The lowest BCUT2D eigenvalue weighted by atomic mass is 9.96. The van der Waals surface area contributed by atoms with Crippen LogP contribution in [0.4, 0.5) is 5.69 Å². The number of nitro groups is 1. The molecule has 116 valence electrons. The van der Waals surface area contributed by atoms with Crippen LogP contribution in [0.1, 0.15) is 25.3 Å². The predicted octanol–water partition coefficient (Wildman–Crippen LogP) is 3.07. The fourth-order valence-electron chi connectivity index (χ4n) is 2.72. The molecule has 1 aliphatic rings. The second kappa shape index (κ2) is 7.73. The lowest BCUT2D eigenvalue weighted by Crippen LogP contribution is -2.36. The summed E-state index contributed by atoms with van der Waals surface area (Å²) in [6, 6.07) is 4.74. The quantitative estimate of drug-likeness (QED) is 0.648. The van der Waals surface area contributed by atoms with E-state index in [0.29, 0.717) is 5.02 Å². The monoisotopic (exact) mass is 311 g/mol. The average molecular weight is 312 g/mol. The Morgan fingerprint density at radius 1 is 1.43 bits per heavy atom. The zero-order chi connectivity index (χ0) is 15.2. The second-order valence-electron chi connectivity index (χ2n) is 5.56. The number of nitrogens with zero attached hydrogens (tertiary/aromatic N) is 2. The van der Waals surface area contributed by atoms with Crippen LogP contribution in [0, 0.1) is 16.0 Å². The first-order valence-electron chi connectivity index (χ1n) is 7.46. The Balaban J connectivity index is 1.87. The molecule has 0 unspecified atom stereocenters. The summed E-state index contributed by atoms with van der Waals surface area (Å²) in [5.74, 6) is 0.758. The summed E-state index contributed by atoms with van der Waals surface area (Å²) in [7, 11) is 0. The molecule has 0 bridgehead atoms. The van der Waals surface area contributed by atoms with E-state index in [2.05, 4.69) is 17.1 Å². The third-order valence-electron chi connectivity index (χ3n) is 4.03. The first kappa shape index (κ1) is 16.2. The molecule has 0 aromatic heterocycles. The summed E-state index contributed by atoms with van der Waals surface area (Å²) in [5.41, 5.74) is 1.01. The summed E-state index contributed by atoms with van der Waals surface area (Å²) in [5, 5.41) is 14.6. The number of non-ortho nitro benzene ring substituents is 1. The molecular formula is C15H22ClN3O2. The number of halogens is 1. The van der Waals surface area contributed by atoms with Gasteiger partial charge in [-0.15, -0.1) is 0 Å². The fourth-order valence-corrected chi connectivity index (χ4v) is 2.95. The molecule has 1 saturated heterocycles. The van der Waals surface area contributed by atoms with Gasteiger partial charge in [0.25, 0.3) is 5.69 Å². The van der Waals surface area contributed by atoms with E-state index in [9.17, 15) is 10.1 Å². The highest BCUT2D eigenvalue weighted by atomic mass is 35.5. The first-order valence-corrected chi connectivity index (χ1v) is 7.83. The predicted molar refractivity (Wildman–Crippen MR) is 84.7 cm³/mol.